The summed E-state index contributed by atoms with van der Waals surface area (Å²) in [7, 11) is -3.59. The van der Waals surface area contributed by atoms with E-state index >= 15 is 0 Å². The zero-order chi connectivity index (χ0) is 29.0. The number of rotatable bonds is 8. The molecular formula is C30H28ClN3O6S. The molecule has 1 amide bonds. The van der Waals surface area contributed by atoms with Crippen LogP contribution in [0.25, 0.3) is 5.69 Å². The highest BCUT2D eigenvalue weighted by Gasteiger charge is 2.26. The van der Waals surface area contributed by atoms with Crippen LogP contribution in [0.5, 0.6) is 5.75 Å². The number of amides is 1. The second-order valence-electron chi connectivity index (χ2n) is 9.51. The Labute approximate surface area is 243 Å². The Kier molecular flexibility index (Phi) is 8.55. The van der Waals surface area contributed by atoms with Crippen molar-refractivity contribution < 1.29 is 22.7 Å². The lowest BCUT2D eigenvalue weighted by atomic mass is 10.1. The highest BCUT2D eigenvalue weighted by Crippen LogP contribution is 2.30. The minimum absolute atomic E-state index is 0.141. The SMILES string of the molecule is Cc1ccc(=O)n(-c2ccc(C(=O)Nc3cc(Cl)ccc3OCc3ccc(S(=O)(=O)N4CCOCC4)cc3)cc2)c1. The molecule has 1 N–H and O–H groups in total. The largest absolute Gasteiger partial charge is 0.487 e. The zero-order valence-electron chi connectivity index (χ0n) is 22.2. The molecule has 41 heavy (non-hydrogen) atoms. The van der Waals surface area contributed by atoms with Crippen LogP contribution in [0.1, 0.15) is 21.5 Å². The van der Waals surface area contributed by atoms with Gasteiger partial charge in [-0.15, -0.1) is 0 Å². The number of benzene rings is 3. The average molecular weight is 594 g/mol. The van der Waals surface area contributed by atoms with E-state index in [9.17, 15) is 18.0 Å². The van der Waals surface area contributed by atoms with Crippen LogP contribution in [0.15, 0.2) is 94.7 Å². The van der Waals surface area contributed by atoms with E-state index in [0.717, 1.165) is 11.1 Å². The van der Waals surface area contributed by atoms with Crippen molar-refractivity contribution in [3.63, 3.8) is 0 Å². The number of sulfonamides is 1. The molecule has 0 bridgehead atoms. The van der Waals surface area contributed by atoms with Crippen molar-refractivity contribution in [1.29, 1.82) is 0 Å². The number of aryl methyl sites for hydroxylation is 1. The van der Waals surface area contributed by atoms with Gasteiger partial charge in [0, 0.05) is 41.6 Å². The minimum atomic E-state index is -3.59. The molecule has 0 spiro atoms. The lowest BCUT2D eigenvalue weighted by Crippen LogP contribution is -2.40. The van der Waals surface area contributed by atoms with E-state index in [2.05, 4.69) is 5.32 Å². The van der Waals surface area contributed by atoms with Crippen molar-refractivity contribution in [2.45, 2.75) is 18.4 Å². The lowest BCUT2D eigenvalue weighted by molar-refractivity contribution is 0.0730. The van der Waals surface area contributed by atoms with Gasteiger partial charge in [-0.2, -0.15) is 4.31 Å². The number of pyridine rings is 1. The smallest absolute Gasteiger partial charge is 0.255 e. The van der Waals surface area contributed by atoms with E-state index in [1.165, 1.54) is 14.9 Å². The molecule has 3 aromatic carbocycles. The lowest BCUT2D eigenvalue weighted by Gasteiger charge is -2.26. The normalized spacial score (nSPS) is 14.0. The molecule has 1 aliphatic heterocycles. The van der Waals surface area contributed by atoms with Gasteiger partial charge in [-0.1, -0.05) is 29.8 Å². The summed E-state index contributed by atoms with van der Waals surface area (Å²) in [4.78, 5) is 25.5. The van der Waals surface area contributed by atoms with Crippen molar-refractivity contribution in [2.24, 2.45) is 0 Å². The summed E-state index contributed by atoms with van der Waals surface area (Å²) in [6.45, 7) is 3.46. The maximum atomic E-state index is 13.0. The quantitative estimate of drug-likeness (QED) is 0.319. The summed E-state index contributed by atoms with van der Waals surface area (Å²) < 4.78 is 39.9. The number of hydrogen-bond donors (Lipinski definition) is 1. The number of morpholine rings is 1. The van der Waals surface area contributed by atoms with Crippen LogP contribution >= 0.6 is 11.6 Å². The van der Waals surface area contributed by atoms with E-state index < -0.39 is 10.0 Å². The molecule has 1 aromatic heterocycles. The molecule has 2 heterocycles. The number of anilines is 1. The van der Waals surface area contributed by atoms with Gasteiger partial charge in [0.2, 0.25) is 10.0 Å². The molecule has 5 rings (SSSR count). The summed E-state index contributed by atoms with van der Waals surface area (Å²) in [5.41, 5.74) is 2.94. The van der Waals surface area contributed by atoms with Gasteiger partial charge in [0.25, 0.3) is 11.5 Å². The van der Waals surface area contributed by atoms with Crippen molar-refractivity contribution in [2.75, 3.05) is 31.6 Å². The fraction of sp³-hybridized carbons (Fsp3) is 0.200. The summed E-state index contributed by atoms with van der Waals surface area (Å²) in [5.74, 6) is 0.0219. The van der Waals surface area contributed by atoms with Gasteiger partial charge < -0.3 is 14.8 Å². The Morgan fingerprint density at radius 2 is 1.68 bits per heavy atom. The summed E-state index contributed by atoms with van der Waals surface area (Å²) in [5, 5.41) is 3.25. The Bertz CT molecular complexity index is 1710. The van der Waals surface area contributed by atoms with Gasteiger partial charge in [-0.05, 0) is 72.6 Å². The summed E-state index contributed by atoms with van der Waals surface area (Å²) >= 11 is 6.20. The predicted molar refractivity (Wildman–Crippen MR) is 157 cm³/mol. The number of hydrogen-bond acceptors (Lipinski definition) is 6. The van der Waals surface area contributed by atoms with Gasteiger partial charge in [-0.3, -0.25) is 14.2 Å². The molecule has 0 aliphatic carbocycles. The fourth-order valence-electron chi connectivity index (χ4n) is 4.34. The first-order valence-corrected chi connectivity index (χ1v) is 14.7. The monoisotopic (exact) mass is 593 g/mol. The molecule has 212 valence electrons. The molecule has 11 heteroatoms. The molecule has 4 aromatic rings. The van der Waals surface area contributed by atoms with E-state index in [-0.39, 0.29) is 23.0 Å². The maximum absolute atomic E-state index is 13.0. The van der Waals surface area contributed by atoms with Gasteiger partial charge >= 0.3 is 0 Å². The minimum Gasteiger partial charge on any atom is -0.487 e. The van der Waals surface area contributed by atoms with Crippen LogP contribution in [0.2, 0.25) is 5.02 Å². The van der Waals surface area contributed by atoms with E-state index in [0.29, 0.717) is 54.0 Å². The second-order valence-corrected chi connectivity index (χ2v) is 11.9. The third kappa shape index (κ3) is 6.68. The number of carbonyl (C=O) groups excluding carboxylic acids is 1. The third-order valence-electron chi connectivity index (χ3n) is 6.58. The number of nitrogens with one attached hydrogen (secondary N) is 1. The van der Waals surface area contributed by atoms with E-state index in [4.69, 9.17) is 21.1 Å². The maximum Gasteiger partial charge on any atom is 0.255 e. The Balaban J connectivity index is 1.26. The van der Waals surface area contributed by atoms with Crippen LogP contribution < -0.4 is 15.6 Å². The fourth-order valence-corrected chi connectivity index (χ4v) is 5.92. The zero-order valence-corrected chi connectivity index (χ0v) is 23.8. The molecular weight excluding hydrogens is 566 g/mol. The number of nitrogens with zero attached hydrogens (tertiary/aromatic N) is 2. The highest BCUT2D eigenvalue weighted by atomic mass is 35.5. The van der Waals surface area contributed by atoms with Crippen LogP contribution in [0.4, 0.5) is 5.69 Å². The standard InChI is InChI=1S/C30H28ClN3O6S/c1-21-2-13-29(35)34(19-21)25-8-5-23(6-9-25)30(36)32-27-18-24(31)7-12-28(27)40-20-22-3-10-26(11-4-22)41(37,38)33-14-16-39-17-15-33/h2-13,18-19H,14-17,20H2,1H3,(H,32,36). The molecule has 0 unspecified atom stereocenters. The first-order valence-electron chi connectivity index (χ1n) is 12.9. The van der Waals surface area contributed by atoms with Crippen molar-refractivity contribution in [1.82, 2.24) is 8.87 Å². The Hall–Kier alpha value is -3.96. The summed E-state index contributed by atoms with van der Waals surface area (Å²) in [6.07, 6.45) is 1.74. The third-order valence-corrected chi connectivity index (χ3v) is 8.73. The number of aromatic nitrogens is 1. The van der Waals surface area contributed by atoms with E-state index in [1.54, 1.807) is 79.0 Å². The number of carbonyl (C=O) groups is 1. The van der Waals surface area contributed by atoms with Crippen LogP contribution in [0.3, 0.4) is 0 Å². The molecule has 0 saturated carbocycles. The molecule has 1 saturated heterocycles. The van der Waals surface area contributed by atoms with E-state index in [1.807, 2.05) is 6.92 Å². The topological polar surface area (TPSA) is 107 Å². The molecule has 1 fully saturated rings. The molecule has 0 atom stereocenters. The van der Waals surface area contributed by atoms with Gasteiger partial charge in [-0.25, -0.2) is 8.42 Å². The number of halogens is 1. The molecule has 1 aliphatic rings. The van der Waals surface area contributed by atoms with Crippen molar-refractivity contribution in [3.8, 4) is 11.4 Å². The average Bonchev–Trinajstić information content (AvgIpc) is 2.99. The van der Waals surface area contributed by atoms with Crippen LogP contribution in [0, 0.1) is 6.92 Å². The van der Waals surface area contributed by atoms with Crippen LogP contribution in [-0.2, 0) is 21.4 Å². The van der Waals surface area contributed by atoms with Crippen molar-refractivity contribution in [3.05, 3.63) is 117 Å². The van der Waals surface area contributed by atoms with Gasteiger partial charge in [0.05, 0.1) is 23.8 Å². The summed E-state index contributed by atoms with van der Waals surface area (Å²) in [6, 6.07) is 21.3. The predicted octanol–water partition coefficient (Wildman–Crippen LogP) is 4.65. The van der Waals surface area contributed by atoms with Gasteiger partial charge in [0.1, 0.15) is 12.4 Å². The van der Waals surface area contributed by atoms with Gasteiger partial charge in [0.15, 0.2) is 0 Å². The van der Waals surface area contributed by atoms with Crippen molar-refractivity contribution >= 4 is 33.2 Å². The van der Waals surface area contributed by atoms with Crippen LogP contribution in [-0.4, -0.2) is 49.5 Å². The number of ether oxygens (including phenoxy) is 2. The second kappa shape index (κ2) is 12.3. The molecule has 0 radical (unpaired) electrons. The molecule has 9 nitrogen and oxygen atoms in total. The highest BCUT2D eigenvalue weighted by molar-refractivity contribution is 7.89. The Morgan fingerprint density at radius 1 is 0.976 bits per heavy atom. The first-order chi connectivity index (χ1) is 19.7. The Morgan fingerprint density at radius 3 is 2.39 bits per heavy atom. The first kappa shape index (κ1) is 28.6.